The van der Waals surface area contributed by atoms with Crippen LogP contribution in [0.4, 0.5) is 9.18 Å². The number of benzene rings is 1. The molecule has 1 aromatic heterocycles. The number of rotatable bonds is 3. The third-order valence-electron chi connectivity index (χ3n) is 5.74. The van der Waals surface area contributed by atoms with Crippen molar-refractivity contribution >= 4 is 21.9 Å². The minimum Gasteiger partial charge on any atom is -0.461 e. The van der Waals surface area contributed by atoms with Gasteiger partial charge in [0.15, 0.2) is 15.5 Å². The van der Waals surface area contributed by atoms with Crippen LogP contribution >= 0.6 is 0 Å². The number of hydrogen-bond acceptors (Lipinski definition) is 7. The van der Waals surface area contributed by atoms with Gasteiger partial charge in [-0.05, 0) is 46.6 Å². The highest BCUT2D eigenvalue weighted by Gasteiger charge is 2.40. The molecule has 1 saturated heterocycles. The largest absolute Gasteiger partial charge is 0.461 e. The Morgan fingerprint density at radius 2 is 2.00 bits per heavy atom. The van der Waals surface area contributed by atoms with Crippen molar-refractivity contribution < 1.29 is 31.9 Å². The number of ether oxygens (including phenoxy) is 2. The molecule has 184 valence electrons. The van der Waals surface area contributed by atoms with E-state index in [0.29, 0.717) is 25.1 Å². The molecule has 4 rings (SSSR count). The summed E-state index contributed by atoms with van der Waals surface area (Å²) in [4.78, 5) is 26.5. The second-order valence-electron chi connectivity index (χ2n) is 9.44. The number of sulfone groups is 1. The molecule has 3 heterocycles. The minimum absolute atomic E-state index is 0.0915. The molecule has 9 nitrogen and oxygen atoms in total. The molecular weight excluding hydrogens is 465 g/mol. The Balaban J connectivity index is 1.82. The van der Waals surface area contributed by atoms with E-state index in [0.717, 1.165) is 6.07 Å². The summed E-state index contributed by atoms with van der Waals surface area (Å²) in [6.45, 7) is 7.84. The molecule has 1 aromatic carbocycles. The van der Waals surface area contributed by atoms with Crippen molar-refractivity contribution in [1.82, 2.24) is 14.7 Å². The molecule has 0 N–H and O–H groups in total. The topological polar surface area (TPSA) is 108 Å². The van der Waals surface area contributed by atoms with E-state index in [-0.39, 0.29) is 36.0 Å². The summed E-state index contributed by atoms with van der Waals surface area (Å²) in [6, 6.07) is 3.66. The van der Waals surface area contributed by atoms with Crippen molar-refractivity contribution in [2.75, 3.05) is 19.7 Å². The second kappa shape index (κ2) is 8.68. The molecule has 0 saturated carbocycles. The van der Waals surface area contributed by atoms with Gasteiger partial charge in [-0.15, -0.1) is 0 Å². The highest BCUT2D eigenvalue weighted by molar-refractivity contribution is 7.91. The summed E-state index contributed by atoms with van der Waals surface area (Å²) in [7, 11) is -4.04. The molecular formula is C23H28FN3O6S. The Morgan fingerprint density at radius 1 is 1.26 bits per heavy atom. The van der Waals surface area contributed by atoms with Gasteiger partial charge in [-0.3, -0.25) is 4.68 Å². The molecule has 0 radical (unpaired) electrons. The molecule has 34 heavy (non-hydrogen) atoms. The van der Waals surface area contributed by atoms with Crippen molar-refractivity contribution in [2.24, 2.45) is 0 Å². The van der Waals surface area contributed by atoms with Crippen LogP contribution in [0.15, 0.2) is 23.1 Å². The van der Waals surface area contributed by atoms with Crippen LogP contribution in [0.5, 0.6) is 0 Å². The van der Waals surface area contributed by atoms with E-state index in [4.69, 9.17) is 9.47 Å². The Morgan fingerprint density at radius 3 is 2.68 bits per heavy atom. The predicted molar refractivity (Wildman–Crippen MR) is 121 cm³/mol. The van der Waals surface area contributed by atoms with Gasteiger partial charge < -0.3 is 14.4 Å². The van der Waals surface area contributed by atoms with E-state index in [9.17, 15) is 22.4 Å². The lowest BCUT2D eigenvalue weighted by Crippen LogP contribution is -2.43. The maximum absolute atomic E-state index is 14.7. The first-order chi connectivity index (χ1) is 15.9. The summed E-state index contributed by atoms with van der Waals surface area (Å²) in [5.74, 6) is -2.16. The number of amides is 1. The summed E-state index contributed by atoms with van der Waals surface area (Å²) < 4.78 is 52.8. The predicted octanol–water partition coefficient (Wildman–Crippen LogP) is 3.73. The maximum Gasteiger partial charge on any atom is 0.410 e. The van der Waals surface area contributed by atoms with Gasteiger partial charge in [0.2, 0.25) is 0 Å². The molecule has 2 aromatic rings. The van der Waals surface area contributed by atoms with Crippen LogP contribution in [-0.2, 0) is 25.1 Å². The van der Waals surface area contributed by atoms with Gasteiger partial charge in [-0.1, -0.05) is 12.1 Å². The molecule has 0 bridgehead atoms. The average Bonchev–Trinajstić information content (AvgIpc) is 3.11. The number of halogens is 1. The van der Waals surface area contributed by atoms with Crippen LogP contribution in [0.25, 0.3) is 11.3 Å². The highest BCUT2D eigenvalue weighted by atomic mass is 32.2. The first kappa shape index (κ1) is 24.2. The van der Waals surface area contributed by atoms with E-state index in [1.807, 2.05) is 0 Å². The van der Waals surface area contributed by atoms with Crippen LogP contribution in [0.3, 0.4) is 0 Å². The van der Waals surface area contributed by atoms with Crippen molar-refractivity contribution in [3.8, 4) is 11.3 Å². The number of fused-ring (bicyclic) bond motifs is 3. The minimum atomic E-state index is -4.04. The monoisotopic (exact) mass is 493 g/mol. The lowest BCUT2D eigenvalue weighted by molar-refractivity contribution is 0.0166. The van der Waals surface area contributed by atoms with Gasteiger partial charge in [-0.2, -0.15) is 5.10 Å². The third kappa shape index (κ3) is 4.40. The number of nitrogens with zero attached hydrogens (tertiary/aromatic N) is 3. The zero-order valence-corrected chi connectivity index (χ0v) is 20.4. The smallest absolute Gasteiger partial charge is 0.410 e. The lowest BCUT2D eigenvalue weighted by Gasteiger charge is -2.35. The molecule has 2 aliphatic heterocycles. The van der Waals surface area contributed by atoms with Crippen molar-refractivity contribution in [1.29, 1.82) is 0 Å². The van der Waals surface area contributed by atoms with Gasteiger partial charge in [0.1, 0.15) is 16.3 Å². The van der Waals surface area contributed by atoms with Crippen LogP contribution in [0, 0.1) is 5.82 Å². The average molecular weight is 494 g/mol. The SMILES string of the molecule is CCOC(=O)c1nn(C2CCCN(C(=O)OC(C)(C)C)C2)c2c1CS(=O)(=O)c1c(F)cccc1-2. The fraction of sp³-hybridized carbons (Fsp3) is 0.522. The highest BCUT2D eigenvalue weighted by Crippen LogP contribution is 2.42. The van der Waals surface area contributed by atoms with Crippen molar-refractivity contribution in [3.05, 3.63) is 35.3 Å². The Kier molecular flexibility index (Phi) is 6.17. The first-order valence-corrected chi connectivity index (χ1v) is 12.9. The van der Waals surface area contributed by atoms with E-state index in [2.05, 4.69) is 5.10 Å². The number of esters is 1. The normalized spacial score (nSPS) is 19.2. The molecule has 1 unspecified atom stereocenters. The Bertz CT molecular complexity index is 1250. The maximum atomic E-state index is 14.7. The van der Waals surface area contributed by atoms with Crippen LogP contribution < -0.4 is 0 Å². The molecule has 1 atom stereocenters. The Hall–Kier alpha value is -2.95. The zero-order valence-electron chi connectivity index (χ0n) is 19.6. The van der Waals surface area contributed by atoms with Crippen molar-refractivity contribution in [3.63, 3.8) is 0 Å². The molecule has 0 aliphatic carbocycles. The standard InChI is InChI=1S/C23H28FN3O6S/c1-5-32-21(28)18-16-13-34(30,31)20-15(9-6-10-17(20)24)19(16)27(25-18)14-8-7-11-26(12-14)22(29)33-23(2,3)4/h6,9-10,14H,5,7-8,11-13H2,1-4H3. The number of carbonyl (C=O) groups is 2. The van der Waals surface area contributed by atoms with E-state index < -0.39 is 44.0 Å². The fourth-order valence-corrected chi connectivity index (χ4v) is 6.10. The summed E-state index contributed by atoms with van der Waals surface area (Å²) in [6.07, 6.45) is 0.826. The van der Waals surface area contributed by atoms with Gasteiger partial charge in [0.05, 0.1) is 24.1 Å². The molecule has 0 spiro atoms. The Labute approximate surface area is 197 Å². The van der Waals surface area contributed by atoms with Gasteiger partial charge in [0.25, 0.3) is 0 Å². The number of likely N-dealkylation sites (tertiary alicyclic amines) is 1. The quantitative estimate of drug-likeness (QED) is 0.600. The fourth-order valence-electron chi connectivity index (χ4n) is 4.44. The van der Waals surface area contributed by atoms with E-state index in [1.54, 1.807) is 37.3 Å². The summed E-state index contributed by atoms with van der Waals surface area (Å²) in [5.41, 5.74) is -0.0608. The van der Waals surface area contributed by atoms with E-state index >= 15 is 0 Å². The van der Waals surface area contributed by atoms with Crippen molar-refractivity contribution in [2.45, 2.75) is 62.8 Å². The van der Waals surface area contributed by atoms with Crippen LogP contribution in [-0.4, -0.2) is 60.5 Å². The molecule has 2 aliphatic rings. The van der Waals surface area contributed by atoms with Gasteiger partial charge in [0, 0.05) is 24.2 Å². The van der Waals surface area contributed by atoms with Crippen LogP contribution in [0.1, 0.15) is 62.6 Å². The molecule has 1 fully saturated rings. The van der Waals surface area contributed by atoms with E-state index in [1.165, 1.54) is 12.1 Å². The molecule has 11 heteroatoms. The number of aromatic nitrogens is 2. The first-order valence-electron chi connectivity index (χ1n) is 11.2. The van der Waals surface area contributed by atoms with Crippen LogP contribution in [0.2, 0.25) is 0 Å². The number of carbonyl (C=O) groups excluding carboxylic acids is 2. The summed E-state index contributed by atoms with van der Waals surface area (Å²) >= 11 is 0. The van der Waals surface area contributed by atoms with Gasteiger partial charge in [-0.25, -0.2) is 22.4 Å². The zero-order chi connectivity index (χ0) is 24.8. The number of hydrogen-bond donors (Lipinski definition) is 0. The second-order valence-corrected chi connectivity index (χ2v) is 11.4. The van der Waals surface area contributed by atoms with Gasteiger partial charge >= 0.3 is 12.1 Å². The third-order valence-corrected chi connectivity index (χ3v) is 7.44. The molecule has 1 amide bonds. The summed E-state index contributed by atoms with van der Waals surface area (Å²) in [5, 5.41) is 4.47. The number of piperidine rings is 1. The lowest BCUT2D eigenvalue weighted by atomic mass is 10.0.